The van der Waals surface area contributed by atoms with Gasteiger partial charge in [0.1, 0.15) is 86.3 Å². The van der Waals surface area contributed by atoms with Crippen molar-refractivity contribution in [3.63, 3.8) is 0 Å². The standard InChI is InChI=1S/C45H40B11N3S/c46-30-25(27-31(47)36(52)39(55)37(53)32(27)48)26-28-33(49)34(50)29(35(51)42(28)60-41(26)40(56)38(30)54)45-58-43(23-9-5-2-6-10-23)57-44(59-45)24-17-15-22(16-18-24)21-13-11-20(12-14-21)19-7-3-1-4-8-19/h1-18H,46-56H2. The average molecular weight is 774 g/mol. The normalized spacial score (nSPS) is 11.4. The van der Waals surface area contributed by atoms with Crippen molar-refractivity contribution in [1.82, 2.24) is 15.0 Å². The minimum Gasteiger partial charge on any atom is -0.208 e. The SMILES string of the molecule is Bc1c(B)c(B)c(-c2c(B)c(B)c(B)c3sc4c(B)c(-c5nc(-c6ccccc6)nc(-c6ccc(-c7ccc(-c8ccccc8)cc7)cc6)n5)c(B)c(B)c4c23)c(B)c1B. The van der Waals surface area contributed by atoms with Crippen LogP contribution in [0.2, 0.25) is 0 Å². The lowest BCUT2D eigenvalue weighted by atomic mass is 9.58. The summed E-state index contributed by atoms with van der Waals surface area (Å²) in [6.07, 6.45) is 0. The summed E-state index contributed by atoms with van der Waals surface area (Å²) in [4.78, 5) is 15.7. The zero-order valence-electron chi connectivity index (χ0n) is 36.6. The minimum absolute atomic E-state index is 0.665. The van der Waals surface area contributed by atoms with Gasteiger partial charge in [0.15, 0.2) is 17.5 Å². The largest absolute Gasteiger partial charge is 0.208 e. The molecule has 2 heterocycles. The van der Waals surface area contributed by atoms with Crippen molar-refractivity contribution >= 4 is 178 Å². The minimum atomic E-state index is 0.665. The summed E-state index contributed by atoms with van der Waals surface area (Å²) in [5.74, 6) is 2.04. The lowest BCUT2D eigenvalue weighted by molar-refractivity contribution is 1.08. The van der Waals surface area contributed by atoms with E-state index >= 15 is 0 Å². The highest BCUT2D eigenvalue weighted by Crippen LogP contribution is 2.37. The maximum absolute atomic E-state index is 5.31. The van der Waals surface area contributed by atoms with Gasteiger partial charge in [-0.15, -0.1) is 27.7 Å². The predicted molar refractivity (Wildman–Crippen MR) is 295 cm³/mol. The Balaban J connectivity index is 1.23. The Hall–Kier alpha value is -5.52. The second-order valence-corrected chi connectivity index (χ2v) is 17.7. The van der Waals surface area contributed by atoms with Gasteiger partial charge in [0, 0.05) is 31.5 Å². The molecule has 0 aliphatic heterocycles. The lowest BCUT2D eigenvalue weighted by Crippen LogP contribution is -2.56. The third-order valence-electron chi connectivity index (χ3n) is 13.6. The van der Waals surface area contributed by atoms with Gasteiger partial charge in [-0.25, -0.2) is 15.0 Å². The molecule has 9 aromatic rings. The van der Waals surface area contributed by atoms with Crippen molar-refractivity contribution in [2.75, 3.05) is 0 Å². The number of aromatic nitrogens is 3. The molecule has 15 heteroatoms. The smallest absolute Gasteiger partial charge is 0.164 e. The molecule has 0 saturated heterocycles. The zero-order valence-corrected chi connectivity index (χ0v) is 37.5. The van der Waals surface area contributed by atoms with Gasteiger partial charge >= 0.3 is 0 Å². The molecule has 0 aliphatic rings. The van der Waals surface area contributed by atoms with Crippen molar-refractivity contribution in [3.8, 4) is 67.5 Å². The fraction of sp³-hybridized carbons (Fsp3) is 0. The van der Waals surface area contributed by atoms with Gasteiger partial charge < -0.3 is 0 Å². The van der Waals surface area contributed by atoms with E-state index in [1.54, 1.807) is 0 Å². The van der Waals surface area contributed by atoms with Crippen LogP contribution in [0.1, 0.15) is 0 Å². The van der Waals surface area contributed by atoms with Crippen molar-refractivity contribution in [2.45, 2.75) is 0 Å². The Labute approximate surface area is 367 Å². The first kappa shape index (κ1) is 39.9. The molecular formula is C45H40B11N3S. The zero-order chi connectivity index (χ0) is 42.1. The van der Waals surface area contributed by atoms with Crippen molar-refractivity contribution in [1.29, 1.82) is 0 Å². The van der Waals surface area contributed by atoms with Gasteiger partial charge in [-0.3, -0.25) is 0 Å². The molecule has 7 aromatic carbocycles. The molecule has 274 valence electrons. The number of hydrogen-bond acceptors (Lipinski definition) is 4. The van der Waals surface area contributed by atoms with E-state index in [-0.39, 0.29) is 0 Å². The van der Waals surface area contributed by atoms with Crippen LogP contribution in [0.4, 0.5) is 0 Å². The van der Waals surface area contributed by atoms with Crippen LogP contribution >= 0.6 is 11.3 Å². The first-order chi connectivity index (χ1) is 28.8. The number of benzene rings is 7. The molecule has 2 aromatic heterocycles. The highest BCUT2D eigenvalue weighted by molar-refractivity contribution is 7.28. The van der Waals surface area contributed by atoms with Crippen molar-refractivity contribution in [2.24, 2.45) is 0 Å². The Kier molecular flexibility index (Phi) is 10.3. The predicted octanol–water partition coefficient (Wildman–Crippen LogP) is -6.92. The lowest BCUT2D eigenvalue weighted by Gasteiger charge is -2.25. The third kappa shape index (κ3) is 6.48. The summed E-state index contributed by atoms with van der Waals surface area (Å²) in [7, 11) is 25.3. The summed E-state index contributed by atoms with van der Waals surface area (Å²) in [6, 6.07) is 38.2. The van der Waals surface area contributed by atoms with E-state index < -0.39 is 0 Å². The Morgan fingerprint density at radius 3 is 1.13 bits per heavy atom. The number of thiophene rings is 1. The van der Waals surface area contributed by atoms with Crippen LogP contribution < -0.4 is 60.1 Å². The van der Waals surface area contributed by atoms with Gasteiger partial charge in [0.25, 0.3) is 0 Å². The van der Waals surface area contributed by atoms with Crippen LogP contribution in [0.25, 0.3) is 87.7 Å². The van der Waals surface area contributed by atoms with E-state index in [2.05, 4.69) is 177 Å². The van der Waals surface area contributed by atoms with Crippen LogP contribution in [0.15, 0.2) is 109 Å². The Morgan fingerprint density at radius 1 is 0.267 bits per heavy atom. The quantitative estimate of drug-likeness (QED) is 0.158. The third-order valence-corrected chi connectivity index (χ3v) is 15.1. The molecule has 3 nitrogen and oxygen atoms in total. The van der Waals surface area contributed by atoms with E-state index in [1.165, 1.54) is 108 Å². The second kappa shape index (κ2) is 15.5. The molecule has 0 aliphatic carbocycles. The molecule has 0 radical (unpaired) electrons. The van der Waals surface area contributed by atoms with E-state index in [9.17, 15) is 0 Å². The van der Waals surface area contributed by atoms with Gasteiger partial charge in [-0.05, 0) is 38.8 Å². The highest BCUT2D eigenvalue weighted by Gasteiger charge is 2.26. The van der Waals surface area contributed by atoms with Crippen LogP contribution in [0.5, 0.6) is 0 Å². The Morgan fingerprint density at radius 2 is 0.617 bits per heavy atom. The monoisotopic (exact) mass is 775 g/mol. The van der Waals surface area contributed by atoms with Gasteiger partial charge in [0.05, 0.1) is 0 Å². The first-order valence-electron chi connectivity index (χ1n) is 21.0. The second-order valence-electron chi connectivity index (χ2n) is 16.7. The molecule has 0 N–H and O–H groups in total. The number of nitrogens with zero attached hydrogens (tertiary/aromatic N) is 3. The van der Waals surface area contributed by atoms with Crippen LogP contribution in [0, 0.1) is 0 Å². The van der Waals surface area contributed by atoms with Crippen LogP contribution in [-0.4, -0.2) is 101 Å². The van der Waals surface area contributed by atoms with E-state index in [1.807, 2.05) is 29.5 Å². The van der Waals surface area contributed by atoms with E-state index in [4.69, 9.17) is 15.0 Å². The summed E-state index contributed by atoms with van der Waals surface area (Å²) < 4.78 is 2.68. The summed E-state index contributed by atoms with van der Waals surface area (Å²) >= 11 is 1.93. The maximum Gasteiger partial charge on any atom is 0.164 e. The van der Waals surface area contributed by atoms with Crippen LogP contribution in [-0.2, 0) is 0 Å². The highest BCUT2D eigenvalue weighted by atomic mass is 32.1. The molecule has 0 bridgehead atoms. The Bertz CT molecular complexity index is 3170. The molecule has 9 rings (SSSR count). The van der Waals surface area contributed by atoms with Gasteiger partial charge in [-0.2, -0.15) is 0 Å². The van der Waals surface area contributed by atoms with Crippen LogP contribution in [0.3, 0.4) is 0 Å². The molecule has 0 atom stereocenters. The molecule has 0 saturated carbocycles. The van der Waals surface area contributed by atoms with Crippen molar-refractivity contribution in [3.05, 3.63) is 109 Å². The summed E-state index contributed by atoms with van der Waals surface area (Å²) in [5.41, 5.74) is 25.3. The fourth-order valence-corrected chi connectivity index (χ4v) is 10.7. The molecule has 60 heavy (non-hydrogen) atoms. The van der Waals surface area contributed by atoms with E-state index in [0.717, 1.165) is 22.3 Å². The first-order valence-corrected chi connectivity index (χ1v) is 21.8. The molecule has 0 amide bonds. The van der Waals surface area contributed by atoms with Gasteiger partial charge in [0.2, 0.25) is 0 Å². The van der Waals surface area contributed by atoms with E-state index in [0.29, 0.717) is 17.5 Å². The average Bonchev–Trinajstić information content (AvgIpc) is 3.69. The van der Waals surface area contributed by atoms with Gasteiger partial charge in [-0.1, -0.05) is 153 Å². The fourth-order valence-electron chi connectivity index (χ4n) is 9.31. The number of hydrogen-bond donors (Lipinski definition) is 0. The van der Waals surface area contributed by atoms with Crippen molar-refractivity contribution < 1.29 is 0 Å². The summed E-state index contributed by atoms with van der Waals surface area (Å²) in [6.45, 7) is 0. The summed E-state index contributed by atoms with van der Waals surface area (Å²) in [5, 5.41) is 2.74. The number of rotatable bonds is 6. The topological polar surface area (TPSA) is 38.7 Å². The molecule has 0 spiro atoms. The maximum atomic E-state index is 5.31. The number of fused-ring (bicyclic) bond motifs is 3. The molecule has 0 unspecified atom stereocenters. The molecular weight excluding hydrogens is 734 g/mol. The molecule has 0 fully saturated rings.